The van der Waals surface area contributed by atoms with Crippen molar-refractivity contribution in [2.75, 3.05) is 11.9 Å². The summed E-state index contributed by atoms with van der Waals surface area (Å²) < 4.78 is 10.7. The molecule has 1 atom stereocenters. The molecular weight excluding hydrogens is 403 g/mol. The topological polar surface area (TPSA) is 77.5 Å². The van der Waals surface area contributed by atoms with Crippen LogP contribution >= 0.6 is 23.2 Å². The molecule has 1 aromatic heterocycles. The predicted octanol–water partition coefficient (Wildman–Crippen LogP) is 4.77. The smallest absolute Gasteiger partial charge is 0.344 e. The molecule has 2 aromatic rings. The second-order valence-corrected chi connectivity index (χ2v) is 7.41. The molecule has 0 bridgehead atoms. The molecular formula is C20H22Cl2N2O4. The molecule has 1 amide bonds. The molecule has 0 aliphatic rings. The van der Waals surface area contributed by atoms with Crippen molar-refractivity contribution in [2.24, 2.45) is 0 Å². The number of esters is 1. The van der Waals surface area contributed by atoms with E-state index in [1.165, 1.54) is 13.1 Å². The summed E-state index contributed by atoms with van der Waals surface area (Å²) in [6.45, 7) is 7.01. The fourth-order valence-electron chi connectivity index (χ4n) is 2.35. The monoisotopic (exact) mass is 424 g/mol. The van der Waals surface area contributed by atoms with Gasteiger partial charge in [-0.1, -0.05) is 37.0 Å². The molecule has 6 nitrogen and oxygen atoms in total. The number of rotatable bonds is 7. The second-order valence-electron chi connectivity index (χ2n) is 6.57. The minimum atomic E-state index is -1.01. The van der Waals surface area contributed by atoms with Crippen LogP contribution in [-0.4, -0.2) is 29.6 Å². The number of pyridine rings is 1. The third-order valence-corrected chi connectivity index (χ3v) is 4.55. The van der Waals surface area contributed by atoms with E-state index < -0.39 is 18.0 Å². The minimum absolute atomic E-state index is 0.167. The molecule has 1 N–H and O–H groups in total. The molecule has 2 rings (SSSR count). The summed E-state index contributed by atoms with van der Waals surface area (Å²) in [5, 5.41) is 3.63. The van der Waals surface area contributed by atoms with Crippen LogP contribution in [-0.2, 0) is 14.3 Å². The van der Waals surface area contributed by atoms with E-state index in [1.54, 1.807) is 18.2 Å². The van der Waals surface area contributed by atoms with E-state index in [-0.39, 0.29) is 12.5 Å². The third kappa shape index (κ3) is 6.11. The zero-order valence-corrected chi connectivity index (χ0v) is 17.6. The molecule has 0 aliphatic heterocycles. The number of carbonyl (C=O) groups excluding carboxylic acids is 2. The largest absolute Gasteiger partial charge is 0.482 e. The van der Waals surface area contributed by atoms with Gasteiger partial charge in [-0.25, -0.2) is 9.78 Å². The van der Waals surface area contributed by atoms with Gasteiger partial charge in [0.2, 0.25) is 0 Å². The number of ether oxygens (including phenoxy) is 2. The van der Waals surface area contributed by atoms with Gasteiger partial charge in [0.1, 0.15) is 11.6 Å². The summed E-state index contributed by atoms with van der Waals surface area (Å²) >= 11 is 11.9. The summed E-state index contributed by atoms with van der Waals surface area (Å²) in [6.07, 6.45) is 0.396. The molecule has 0 fully saturated rings. The zero-order valence-electron chi connectivity index (χ0n) is 16.1. The third-order valence-electron chi connectivity index (χ3n) is 3.91. The number of carbonyl (C=O) groups is 2. The number of amides is 1. The Kier molecular flexibility index (Phi) is 7.66. The lowest BCUT2D eigenvalue weighted by molar-refractivity contribution is -0.155. The number of aryl methyl sites for hydroxylation is 1. The van der Waals surface area contributed by atoms with E-state index in [1.807, 2.05) is 26.8 Å². The van der Waals surface area contributed by atoms with Crippen molar-refractivity contribution in [3.05, 3.63) is 51.6 Å². The Labute approximate surface area is 174 Å². The maximum absolute atomic E-state index is 12.1. The molecule has 1 heterocycles. The Balaban J connectivity index is 1.92. The van der Waals surface area contributed by atoms with E-state index in [0.717, 1.165) is 11.1 Å². The number of aromatic nitrogens is 1. The first-order valence-electron chi connectivity index (χ1n) is 8.72. The molecule has 0 saturated heterocycles. The van der Waals surface area contributed by atoms with E-state index >= 15 is 0 Å². The molecule has 1 aromatic carbocycles. The molecule has 0 radical (unpaired) electrons. The minimum Gasteiger partial charge on any atom is -0.482 e. The highest BCUT2D eigenvalue weighted by atomic mass is 35.5. The van der Waals surface area contributed by atoms with Crippen LogP contribution in [0.3, 0.4) is 0 Å². The van der Waals surface area contributed by atoms with E-state index in [4.69, 9.17) is 32.7 Å². The van der Waals surface area contributed by atoms with Gasteiger partial charge in [-0.15, -0.1) is 0 Å². The van der Waals surface area contributed by atoms with Crippen LogP contribution in [0, 0.1) is 6.92 Å². The number of anilines is 1. The van der Waals surface area contributed by atoms with Crippen molar-refractivity contribution in [1.29, 1.82) is 0 Å². The van der Waals surface area contributed by atoms with Crippen LogP contribution in [0.2, 0.25) is 10.0 Å². The molecule has 0 saturated carbocycles. The van der Waals surface area contributed by atoms with Crippen LogP contribution < -0.4 is 10.1 Å². The Morgan fingerprint density at radius 1 is 1.18 bits per heavy atom. The van der Waals surface area contributed by atoms with Gasteiger partial charge >= 0.3 is 5.97 Å². The Morgan fingerprint density at radius 2 is 1.89 bits per heavy atom. The molecule has 8 heteroatoms. The van der Waals surface area contributed by atoms with Crippen molar-refractivity contribution in [3.8, 4) is 5.75 Å². The Bertz CT molecular complexity index is 854. The molecule has 150 valence electrons. The average Bonchev–Trinajstić information content (AvgIpc) is 2.63. The summed E-state index contributed by atoms with van der Waals surface area (Å²) in [7, 11) is 0. The van der Waals surface area contributed by atoms with Gasteiger partial charge in [0.15, 0.2) is 12.7 Å². The van der Waals surface area contributed by atoms with E-state index in [9.17, 15) is 9.59 Å². The maximum atomic E-state index is 12.1. The number of halogens is 2. The average molecular weight is 425 g/mol. The summed E-state index contributed by atoms with van der Waals surface area (Å²) in [4.78, 5) is 28.1. The molecule has 1 unspecified atom stereocenters. The van der Waals surface area contributed by atoms with Crippen LogP contribution in [0.15, 0.2) is 30.5 Å². The first kappa shape index (κ1) is 22.0. The van der Waals surface area contributed by atoms with Crippen molar-refractivity contribution in [1.82, 2.24) is 4.98 Å². The summed E-state index contributed by atoms with van der Waals surface area (Å²) in [5.74, 6) is -0.119. The summed E-state index contributed by atoms with van der Waals surface area (Å²) in [6, 6.07) is 6.76. The Morgan fingerprint density at radius 3 is 2.50 bits per heavy atom. The maximum Gasteiger partial charge on any atom is 0.344 e. The number of nitrogens with zero attached hydrogens (tertiary/aromatic N) is 1. The van der Waals surface area contributed by atoms with Crippen molar-refractivity contribution in [2.45, 2.75) is 39.7 Å². The number of nitrogens with one attached hydrogen (secondary N) is 1. The van der Waals surface area contributed by atoms with E-state index in [2.05, 4.69) is 10.3 Å². The van der Waals surface area contributed by atoms with Crippen LogP contribution in [0.5, 0.6) is 5.75 Å². The second kappa shape index (κ2) is 9.75. The van der Waals surface area contributed by atoms with Crippen molar-refractivity contribution >= 4 is 40.9 Å². The standard InChI is InChI=1S/C20H22Cl2N2O4/c1-11(2)15-8-16(22)12(3)7-17(15)27-10-19(25)28-13(4)20(26)24-18-6-5-14(21)9-23-18/h5-9,11,13H,10H2,1-4H3,(H,23,24,26). The zero-order chi connectivity index (χ0) is 20.8. The van der Waals surface area contributed by atoms with Gasteiger partial charge in [0.05, 0.1) is 5.02 Å². The van der Waals surface area contributed by atoms with Crippen molar-refractivity contribution < 1.29 is 19.1 Å². The quantitative estimate of drug-likeness (QED) is 0.647. The first-order valence-corrected chi connectivity index (χ1v) is 9.47. The number of benzene rings is 1. The van der Waals surface area contributed by atoms with E-state index in [0.29, 0.717) is 21.6 Å². The lowest BCUT2D eigenvalue weighted by atomic mass is 10.0. The molecule has 28 heavy (non-hydrogen) atoms. The number of hydrogen-bond acceptors (Lipinski definition) is 5. The molecule has 0 spiro atoms. The fourth-order valence-corrected chi connectivity index (χ4v) is 2.63. The van der Waals surface area contributed by atoms with Gasteiger partial charge < -0.3 is 14.8 Å². The van der Waals surface area contributed by atoms with Crippen LogP contribution in [0.4, 0.5) is 5.82 Å². The van der Waals surface area contributed by atoms with Crippen molar-refractivity contribution in [3.63, 3.8) is 0 Å². The lowest BCUT2D eigenvalue weighted by Gasteiger charge is -2.17. The molecule has 0 aliphatic carbocycles. The van der Waals surface area contributed by atoms with Gasteiger partial charge in [0.25, 0.3) is 5.91 Å². The van der Waals surface area contributed by atoms with Gasteiger partial charge in [-0.3, -0.25) is 4.79 Å². The predicted molar refractivity (Wildman–Crippen MR) is 109 cm³/mol. The SMILES string of the molecule is Cc1cc(OCC(=O)OC(C)C(=O)Nc2ccc(Cl)cn2)c(C(C)C)cc1Cl. The normalized spacial score (nSPS) is 11.8. The first-order chi connectivity index (χ1) is 13.2. The lowest BCUT2D eigenvalue weighted by Crippen LogP contribution is -2.32. The highest BCUT2D eigenvalue weighted by molar-refractivity contribution is 6.31. The number of hydrogen-bond donors (Lipinski definition) is 1. The van der Waals surface area contributed by atoms with Gasteiger partial charge in [-0.05, 0) is 55.2 Å². The van der Waals surface area contributed by atoms with Gasteiger partial charge in [-0.2, -0.15) is 0 Å². The fraction of sp³-hybridized carbons (Fsp3) is 0.350. The highest BCUT2D eigenvalue weighted by Gasteiger charge is 2.19. The summed E-state index contributed by atoms with van der Waals surface area (Å²) in [5.41, 5.74) is 1.74. The van der Waals surface area contributed by atoms with Gasteiger partial charge in [0, 0.05) is 11.2 Å². The Hall–Kier alpha value is -2.31. The van der Waals surface area contributed by atoms with Crippen LogP contribution in [0.1, 0.15) is 37.8 Å². The van der Waals surface area contributed by atoms with Crippen LogP contribution in [0.25, 0.3) is 0 Å². The highest BCUT2D eigenvalue weighted by Crippen LogP contribution is 2.32.